The van der Waals surface area contributed by atoms with Crippen molar-refractivity contribution in [2.24, 2.45) is 0 Å². The average Bonchev–Trinajstić information content (AvgIpc) is 3.27. The van der Waals surface area contributed by atoms with Gasteiger partial charge in [0.2, 0.25) is 0 Å². The van der Waals surface area contributed by atoms with Crippen LogP contribution in [-0.4, -0.2) is 41.8 Å². The molecule has 1 aliphatic heterocycles. The van der Waals surface area contributed by atoms with E-state index >= 15 is 0 Å². The smallest absolute Gasteiger partial charge is 0.339 e. The average molecular weight is 346 g/mol. The van der Waals surface area contributed by atoms with Crippen LogP contribution in [0.1, 0.15) is 55.9 Å². The van der Waals surface area contributed by atoms with Gasteiger partial charge in [-0.25, -0.2) is 4.79 Å². The lowest BCUT2D eigenvalue weighted by molar-refractivity contribution is 0.0599. The third-order valence-electron chi connectivity index (χ3n) is 4.69. The van der Waals surface area contributed by atoms with E-state index < -0.39 is 5.97 Å². The molecule has 2 aromatic rings. The molecule has 2 aromatic heterocycles. The Kier molecular flexibility index (Phi) is 4.87. The van der Waals surface area contributed by atoms with Crippen molar-refractivity contribution in [3.63, 3.8) is 0 Å². The molecule has 5 nitrogen and oxygen atoms in total. The summed E-state index contributed by atoms with van der Waals surface area (Å²) < 4.78 is 4.81. The quantitative estimate of drug-likeness (QED) is 0.665. The Hall–Kier alpha value is -1.92. The summed E-state index contributed by atoms with van der Waals surface area (Å²) in [5.74, 6) is -0.382. The lowest BCUT2D eigenvalue weighted by Crippen LogP contribution is -2.29. The van der Waals surface area contributed by atoms with Crippen LogP contribution >= 0.6 is 11.3 Å². The molecule has 24 heavy (non-hydrogen) atoms. The highest BCUT2D eigenvalue weighted by atomic mass is 32.1. The highest BCUT2D eigenvalue weighted by Gasteiger charge is 2.30. The van der Waals surface area contributed by atoms with Gasteiger partial charge in [0.05, 0.1) is 24.9 Å². The van der Waals surface area contributed by atoms with Crippen molar-refractivity contribution in [3.05, 3.63) is 44.9 Å². The molecule has 3 rings (SSSR count). The molecule has 3 heterocycles. The Bertz CT molecular complexity index is 749. The van der Waals surface area contributed by atoms with Gasteiger partial charge in [-0.15, -0.1) is 11.3 Å². The van der Waals surface area contributed by atoms with Crippen molar-refractivity contribution in [3.8, 4) is 0 Å². The van der Waals surface area contributed by atoms with E-state index in [0.29, 0.717) is 35.1 Å². The minimum Gasteiger partial charge on any atom is -0.465 e. The van der Waals surface area contributed by atoms with Gasteiger partial charge in [-0.2, -0.15) is 0 Å². The summed E-state index contributed by atoms with van der Waals surface area (Å²) in [6.07, 6.45) is 2.19. The van der Waals surface area contributed by atoms with Crippen LogP contribution in [-0.2, 0) is 4.74 Å². The van der Waals surface area contributed by atoms with Gasteiger partial charge in [-0.05, 0) is 50.2 Å². The fraction of sp³-hybridized carbons (Fsp3) is 0.444. The minimum absolute atomic E-state index is 0.0224. The number of aromatic amines is 1. The number of ketones is 1. The highest BCUT2D eigenvalue weighted by molar-refractivity contribution is 7.10. The predicted molar refractivity (Wildman–Crippen MR) is 93.8 cm³/mol. The molecule has 0 amide bonds. The van der Waals surface area contributed by atoms with E-state index in [2.05, 4.69) is 27.4 Å². The number of carbonyl (C=O) groups is 2. The third kappa shape index (κ3) is 3.03. The maximum absolute atomic E-state index is 12.8. The van der Waals surface area contributed by atoms with E-state index in [0.717, 1.165) is 19.4 Å². The number of likely N-dealkylation sites (tertiary alicyclic amines) is 1. The minimum atomic E-state index is -0.405. The number of rotatable bonds is 5. The van der Waals surface area contributed by atoms with Gasteiger partial charge in [0.15, 0.2) is 5.78 Å². The number of thiophene rings is 1. The number of aryl methyl sites for hydroxylation is 1. The Morgan fingerprint density at radius 3 is 2.88 bits per heavy atom. The van der Waals surface area contributed by atoms with Gasteiger partial charge < -0.3 is 9.72 Å². The first kappa shape index (κ1) is 16.9. The first-order chi connectivity index (χ1) is 11.5. The van der Waals surface area contributed by atoms with Crippen LogP contribution in [0.5, 0.6) is 0 Å². The van der Waals surface area contributed by atoms with Crippen LogP contribution < -0.4 is 0 Å². The molecule has 1 aliphatic rings. The number of nitrogens with one attached hydrogen (secondary N) is 1. The third-order valence-corrected chi connectivity index (χ3v) is 5.66. The van der Waals surface area contributed by atoms with Crippen molar-refractivity contribution in [2.75, 3.05) is 20.2 Å². The van der Waals surface area contributed by atoms with Gasteiger partial charge in [0.25, 0.3) is 0 Å². The predicted octanol–water partition coefficient (Wildman–Crippen LogP) is 3.50. The number of carbonyl (C=O) groups excluding carboxylic acids is 2. The summed E-state index contributed by atoms with van der Waals surface area (Å²) in [6, 6.07) is 4.52. The van der Waals surface area contributed by atoms with E-state index in [9.17, 15) is 9.59 Å². The molecule has 0 aromatic carbocycles. The van der Waals surface area contributed by atoms with Crippen molar-refractivity contribution in [2.45, 2.75) is 32.7 Å². The number of esters is 1. The fourth-order valence-electron chi connectivity index (χ4n) is 3.52. The Labute approximate surface area is 145 Å². The van der Waals surface area contributed by atoms with Gasteiger partial charge in [0, 0.05) is 16.6 Å². The zero-order valence-electron chi connectivity index (χ0n) is 14.2. The van der Waals surface area contributed by atoms with Crippen molar-refractivity contribution < 1.29 is 14.3 Å². The molecule has 128 valence electrons. The maximum Gasteiger partial charge on any atom is 0.339 e. The number of nitrogens with zero attached hydrogens (tertiary/aromatic N) is 1. The number of Topliss-reactive ketones (excluding diaryl/α,β-unsaturated/α-hetero) is 1. The van der Waals surface area contributed by atoms with E-state index in [-0.39, 0.29) is 5.78 Å². The summed E-state index contributed by atoms with van der Waals surface area (Å²) >= 11 is 1.74. The van der Waals surface area contributed by atoms with E-state index in [1.165, 1.54) is 12.0 Å². The Morgan fingerprint density at radius 2 is 2.21 bits per heavy atom. The number of H-pyrrole nitrogens is 1. The largest absolute Gasteiger partial charge is 0.465 e. The first-order valence-corrected chi connectivity index (χ1v) is 8.99. The molecular formula is C18H22N2O3S. The SMILES string of the molecule is COC(=O)c1c(C)[nH]c(C(=O)CN2CCCC2c2cccs2)c1C. The van der Waals surface area contributed by atoms with E-state index in [1.54, 1.807) is 25.2 Å². The molecule has 1 saturated heterocycles. The molecule has 6 heteroatoms. The second-order valence-electron chi connectivity index (χ2n) is 6.18. The zero-order valence-corrected chi connectivity index (χ0v) is 15.0. The number of hydrogen-bond donors (Lipinski definition) is 1. The number of methoxy groups -OCH3 is 1. The second kappa shape index (κ2) is 6.91. The van der Waals surface area contributed by atoms with Gasteiger partial charge >= 0.3 is 5.97 Å². The van der Waals surface area contributed by atoms with Gasteiger partial charge in [-0.1, -0.05) is 6.07 Å². The summed E-state index contributed by atoms with van der Waals surface area (Å²) in [5.41, 5.74) is 2.34. The molecule has 1 unspecified atom stereocenters. The molecule has 0 bridgehead atoms. The molecule has 0 aliphatic carbocycles. The van der Waals surface area contributed by atoms with Gasteiger partial charge in [0.1, 0.15) is 0 Å². The topological polar surface area (TPSA) is 62.4 Å². The maximum atomic E-state index is 12.8. The van der Waals surface area contributed by atoms with E-state index in [1.807, 2.05) is 0 Å². The van der Waals surface area contributed by atoms with Crippen LogP contribution in [0, 0.1) is 13.8 Å². The lowest BCUT2D eigenvalue weighted by atomic mass is 10.1. The summed E-state index contributed by atoms with van der Waals surface area (Å²) in [7, 11) is 1.35. The zero-order chi connectivity index (χ0) is 17.3. The van der Waals surface area contributed by atoms with Crippen LogP contribution in [0.25, 0.3) is 0 Å². The Morgan fingerprint density at radius 1 is 1.42 bits per heavy atom. The Balaban J connectivity index is 1.79. The molecule has 1 N–H and O–H groups in total. The number of aromatic nitrogens is 1. The molecule has 1 atom stereocenters. The van der Waals surface area contributed by atoms with Crippen LogP contribution in [0.2, 0.25) is 0 Å². The van der Waals surface area contributed by atoms with E-state index in [4.69, 9.17) is 4.74 Å². The lowest BCUT2D eigenvalue weighted by Gasteiger charge is -2.22. The number of hydrogen-bond acceptors (Lipinski definition) is 5. The molecule has 0 spiro atoms. The monoisotopic (exact) mass is 346 g/mol. The van der Waals surface area contributed by atoms with Crippen LogP contribution in [0.3, 0.4) is 0 Å². The summed E-state index contributed by atoms with van der Waals surface area (Å²) in [4.78, 5) is 31.3. The standard InChI is InChI=1S/C18H22N2O3S/c1-11-16(18(22)23-3)12(2)19-17(11)14(21)10-20-8-4-6-13(20)15-7-5-9-24-15/h5,7,9,13,19H,4,6,8,10H2,1-3H3. The van der Waals surface area contributed by atoms with Gasteiger partial charge in [-0.3, -0.25) is 9.69 Å². The number of ether oxygens (including phenoxy) is 1. The second-order valence-corrected chi connectivity index (χ2v) is 7.16. The fourth-order valence-corrected chi connectivity index (χ4v) is 4.41. The molecule has 1 fully saturated rings. The molecule has 0 radical (unpaired) electrons. The van der Waals surface area contributed by atoms with Crippen molar-refractivity contribution >= 4 is 23.1 Å². The molecular weight excluding hydrogens is 324 g/mol. The molecule has 0 saturated carbocycles. The van der Waals surface area contributed by atoms with Crippen molar-refractivity contribution in [1.82, 2.24) is 9.88 Å². The summed E-state index contributed by atoms with van der Waals surface area (Å²) in [5, 5.41) is 2.08. The highest BCUT2D eigenvalue weighted by Crippen LogP contribution is 2.34. The summed E-state index contributed by atoms with van der Waals surface area (Å²) in [6.45, 7) is 4.88. The van der Waals surface area contributed by atoms with Crippen LogP contribution in [0.4, 0.5) is 0 Å². The normalized spacial score (nSPS) is 18.0. The van der Waals surface area contributed by atoms with Crippen molar-refractivity contribution in [1.29, 1.82) is 0 Å². The van der Waals surface area contributed by atoms with Crippen LogP contribution in [0.15, 0.2) is 17.5 Å². The first-order valence-electron chi connectivity index (χ1n) is 8.11.